The zero-order chi connectivity index (χ0) is 13.3. The van der Waals surface area contributed by atoms with Crippen LogP contribution in [0.25, 0.3) is 10.4 Å². The van der Waals surface area contributed by atoms with E-state index in [9.17, 15) is 0 Å². The van der Waals surface area contributed by atoms with Crippen molar-refractivity contribution in [3.63, 3.8) is 0 Å². The fourth-order valence-electron chi connectivity index (χ4n) is 1.68. The molecule has 0 atom stereocenters. The summed E-state index contributed by atoms with van der Waals surface area (Å²) in [6, 6.07) is 4.35. The molecule has 0 bridgehead atoms. The molecule has 2 aromatic rings. The first kappa shape index (κ1) is 12.9. The van der Waals surface area contributed by atoms with E-state index in [1.165, 1.54) is 9.75 Å². The molecule has 0 fully saturated rings. The zero-order valence-corrected chi connectivity index (χ0v) is 11.9. The molecule has 4 heteroatoms. The monoisotopic (exact) mass is 261 g/mol. The summed E-state index contributed by atoms with van der Waals surface area (Å²) >= 11 is 1.82. The minimum absolute atomic E-state index is 0.199. The first-order chi connectivity index (χ1) is 8.36. The van der Waals surface area contributed by atoms with Gasteiger partial charge in [-0.1, -0.05) is 27.4 Å². The second kappa shape index (κ2) is 4.61. The lowest BCUT2D eigenvalue weighted by Gasteiger charge is -2.15. The molecule has 96 valence electrons. The van der Waals surface area contributed by atoms with Gasteiger partial charge in [-0.3, -0.25) is 4.68 Å². The van der Waals surface area contributed by atoms with E-state index in [2.05, 4.69) is 44.6 Å². The van der Waals surface area contributed by atoms with Crippen molar-refractivity contribution in [3.8, 4) is 10.4 Å². The van der Waals surface area contributed by atoms with Crippen molar-refractivity contribution in [1.29, 1.82) is 0 Å². The summed E-state index contributed by atoms with van der Waals surface area (Å²) in [5.74, 6) is 0. The Morgan fingerprint density at radius 1 is 1.44 bits per heavy atom. The molecule has 0 aliphatic heterocycles. The van der Waals surface area contributed by atoms with Crippen molar-refractivity contribution in [1.82, 2.24) is 9.78 Å². The second-order valence-electron chi connectivity index (χ2n) is 5.50. The third kappa shape index (κ3) is 2.82. The van der Waals surface area contributed by atoms with Crippen LogP contribution in [-0.4, -0.2) is 9.78 Å². The van der Waals surface area contributed by atoms with E-state index in [1.54, 1.807) is 0 Å². The van der Waals surface area contributed by atoms with Gasteiger partial charge < -0.3 is 5.73 Å². The summed E-state index contributed by atoms with van der Waals surface area (Å²) in [5.41, 5.74) is 7.53. The van der Waals surface area contributed by atoms with E-state index < -0.39 is 0 Å². The second-order valence-corrected chi connectivity index (χ2v) is 6.58. The minimum atomic E-state index is 0.199. The van der Waals surface area contributed by atoms with E-state index in [1.807, 2.05) is 28.4 Å². The van der Waals surface area contributed by atoms with Crippen LogP contribution in [-0.2, 0) is 12.0 Å². The Kier molecular flexibility index (Phi) is 3.30. The molecule has 18 heavy (non-hydrogen) atoms. The quantitative estimate of drug-likeness (QED) is 0.920. The molecule has 0 radical (unpaired) electrons. The van der Waals surface area contributed by atoms with Crippen molar-refractivity contribution >= 4 is 11.3 Å². The molecule has 0 spiro atoms. The van der Waals surface area contributed by atoms with Crippen LogP contribution in [0.4, 0.5) is 0 Å². The molecule has 0 saturated heterocycles. The number of nitrogens with zero attached hydrogens (tertiary/aromatic N) is 2. The fourth-order valence-corrected chi connectivity index (χ4v) is 2.72. The number of thiophene rings is 1. The molecular formula is C14H19N3S. The van der Waals surface area contributed by atoms with E-state index in [0.717, 1.165) is 5.56 Å². The van der Waals surface area contributed by atoms with Crippen molar-refractivity contribution in [2.75, 3.05) is 0 Å². The highest BCUT2D eigenvalue weighted by atomic mass is 32.1. The number of hydrogen-bond acceptors (Lipinski definition) is 3. The largest absolute Gasteiger partial charge is 0.401 e. The standard InChI is InChI=1S/C14H19N3S/c1-10(15)8-17-9-11(7-16-17)12-5-6-13(18-12)14(2,3)4/h5-7,9H,1,8,15H2,2-4H3. The highest BCUT2D eigenvalue weighted by Crippen LogP contribution is 2.34. The average Bonchev–Trinajstić information content (AvgIpc) is 2.81. The van der Waals surface area contributed by atoms with Crippen LogP contribution in [0.3, 0.4) is 0 Å². The summed E-state index contributed by atoms with van der Waals surface area (Å²) < 4.78 is 1.81. The Balaban J connectivity index is 2.24. The smallest absolute Gasteiger partial charge is 0.0797 e. The normalized spacial score (nSPS) is 11.7. The van der Waals surface area contributed by atoms with Gasteiger partial charge in [-0.2, -0.15) is 5.10 Å². The van der Waals surface area contributed by atoms with Gasteiger partial charge in [-0.15, -0.1) is 11.3 Å². The van der Waals surface area contributed by atoms with E-state index in [4.69, 9.17) is 5.73 Å². The van der Waals surface area contributed by atoms with Crippen LogP contribution in [0.15, 0.2) is 36.8 Å². The van der Waals surface area contributed by atoms with Crippen LogP contribution in [0.1, 0.15) is 25.6 Å². The Morgan fingerprint density at radius 3 is 2.72 bits per heavy atom. The van der Waals surface area contributed by atoms with Crippen molar-refractivity contribution in [2.24, 2.45) is 5.73 Å². The fraction of sp³-hybridized carbons (Fsp3) is 0.357. The van der Waals surface area contributed by atoms with Gasteiger partial charge in [0.2, 0.25) is 0 Å². The number of hydrogen-bond donors (Lipinski definition) is 1. The van der Waals surface area contributed by atoms with Crippen LogP contribution < -0.4 is 5.73 Å². The van der Waals surface area contributed by atoms with E-state index in [-0.39, 0.29) is 5.41 Å². The van der Waals surface area contributed by atoms with Crippen LogP contribution in [0, 0.1) is 0 Å². The maximum atomic E-state index is 5.58. The molecule has 2 heterocycles. The number of allylic oxidation sites excluding steroid dienone is 1. The van der Waals surface area contributed by atoms with Gasteiger partial charge in [0.25, 0.3) is 0 Å². The van der Waals surface area contributed by atoms with Gasteiger partial charge in [0, 0.05) is 27.2 Å². The molecule has 0 aliphatic rings. The number of aromatic nitrogens is 2. The summed E-state index contributed by atoms with van der Waals surface area (Å²) in [4.78, 5) is 2.63. The molecule has 0 unspecified atom stereocenters. The summed E-state index contributed by atoms with van der Waals surface area (Å²) in [6.45, 7) is 10.9. The van der Waals surface area contributed by atoms with Gasteiger partial charge in [0.1, 0.15) is 0 Å². The van der Waals surface area contributed by atoms with Gasteiger partial charge >= 0.3 is 0 Å². The summed E-state index contributed by atoms with van der Waals surface area (Å²) in [6.07, 6.45) is 3.89. The summed E-state index contributed by atoms with van der Waals surface area (Å²) in [7, 11) is 0. The molecule has 2 N–H and O–H groups in total. The lowest BCUT2D eigenvalue weighted by Crippen LogP contribution is -2.07. The third-order valence-corrected chi connectivity index (χ3v) is 4.19. The van der Waals surface area contributed by atoms with Crippen LogP contribution in [0.5, 0.6) is 0 Å². The molecular weight excluding hydrogens is 242 g/mol. The Hall–Kier alpha value is -1.55. The van der Waals surface area contributed by atoms with Crippen molar-refractivity contribution in [3.05, 3.63) is 41.7 Å². The van der Waals surface area contributed by atoms with Crippen molar-refractivity contribution < 1.29 is 0 Å². The Morgan fingerprint density at radius 2 is 2.17 bits per heavy atom. The molecule has 2 rings (SSSR count). The highest BCUT2D eigenvalue weighted by Gasteiger charge is 2.16. The van der Waals surface area contributed by atoms with Gasteiger partial charge in [0.15, 0.2) is 0 Å². The maximum absolute atomic E-state index is 5.58. The summed E-state index contributed by atoms with van der Waals surface area (Å²) in [5, 5.41) is 4.29. The highest BCUT2D eigenvalue weighted by molar-refractivity contribution is 7.15. The minimum Gasteiger partial charge on any atom is -0.401 e. The Bertz CT molecular complexity index is 558. The molecule has 0 aliphatic carbocycles. The molecule has 0 amide bonds. The van der Waals surface area contributed by atoms with E-state index >= 15 is 0 Å². The average molecular weight is 261 g/mol. The van der Waals surface area contributed by atoms with E-state index in [0.29, 0.717) is 12.2 Å². The zero-order valence-electron chi connectivity index (χ0n) is 11.1. The topological polar surface area (TPSA) is 43.8 Å². The SMILES string of the molecule is C=C(N)Cn1cc(-c2ccc(C(C)(C)C)s2)cn1. The lowest BCUT2D eigenvalue weighted by atomic mass is 9.95. The van der Waals surface area contributed by atoms with Gasteiger partial charge in [-0.05, 0) is 17.5 Å². The maximum Gasteiger partial charge on any atom is 0.0797 e. The predicted octanol–water partition coefficient (Wildman–Crippen LogP) is 3.38. The molecule has 2 aromatic heterocycles. The van der Waals surface area contributed by atoms with Crippen molar-refractivity contribution in [2.45, 2.75) is 32.7 Å². The Labute approximate surface area is 112 Å². The number of rotatable bonds is 3. The first-order valence-electron chi connectivity index (χ1n) is 5.92. The molecule has 0 aromatic carbocycles. The van der Waals surface area contributed by atoms with Crippen LogP contribution in [0.2, 0.25) is 0 Å². The van der Waals surface area contributed by atoms with Crippen LogP contribution >= 0.6 is 11.3 Å². The molecule has 3 nitrogen and oxygen atoms in total. The predicted molar refractivity (Wildman–Crippen MR) is 77.6 cm³/mol. The first-order valence-corrected chi connectivity index (χ1v) is 6.74. The third-order valence-electron chi connectivity index (χ3n) is 2.63. The lowest BCUT2D eigenvalue weighted by molar-refractivity contribution is 0.604. The van der Waals surface area contributed by atoms with Gasteiger partial charge in [-0.25, -0.2) is 0 Å². The number of nitrogens with two attached hydrogens (primary N) is 1. The molecule has 0 saturated carbocycles. The van der Waals surface area contributed by atoms with Gasteiger partial charge in [0.05, 0.1) is 12.7 Å².